The van der Waals surface area contributed by atoms with Crippen molar-refractivity contribution >= 4 is 27.5 Å². The summed E-state index contributed by atoms with van der Waals surface area (Å²) in [5, 5.41) is 2.87. The highest BCUT2D eigenvalue weighted by atomic mass is 32.2. The SMILES string of the molecule is CCNC(=O)[C@@H](Cc1ccccc1)N(Cc1cccc(OC)c1)C(=O)CN(c1ccccc1OCC)S(=O)(=O)c1ccccc1. The van der Waals surface area contributed by atoms with Crippen LogP contribution < -0.4 is 19.1 Å². The van der Waals surface area contributed by atoms with E-state index in [9.17, 15) is 18.0 Å². The van der Waals surface area contributed by atoms with Gasteiger partial charge in [-0.25, -0.2) is 8.42 Å². The smallest absolute Gasteiger partial charge is 0.264 e. The summed E-state index contributed by atoms with van der Waals surface area (Å²) < 4.78 is 40.6. The van der Waals surface area contributed by atoms with Gasteiger partial charge in [0.1, 0.15) is 24.1 Å². The highest BCUT2D eigenvalue weighted by Gasteiger charge is 2.35. The number of ether oxygens (including phenoxy) is 2. The molecule has 0 aromatic heterocycles. The Morgan fingerprint density at radius 1 is 0.822 bits per heavy atom. The van der Waals surface area contributed by atoms with Crippen molar-refractivity contribution in [2.24, 2.45) is 0 Å². The van der Waals surface area contributed by atoms with Crippen LogP contribution in [0.5, 0.6) is 11.5 Å². The predicted molar refractivity (Wildman–Crippen MR) is 175 cm³/mol. The van der Waals surface area contributed by atoms with Gasteiger partial charge in [-0.1, -0.05) is 72.8 Å². The fraction of sp³-hybridized carbons (Fsp3) is 0.257. The van der Waals surface area contributed by atoms with Gasteiger partial charge >= 0.3 is 0 Å². The number of hydrogen-bond donors (Lipinski definition) is 1. The summed E-state index contributed by atoms with van der Waals surface area (Å²) in [4.78, 5) is 29.6. The molecule has 45 heavy (non-hydrogen) atoms. The van der Waals surface area contributed by atoms with Crippen LogP contribution in [0, 0.1) is 0 Å². The van der Waals surface area contributed by atoms with Crippen molar-refractivity contribution < 1.29 is 27.5 Å². The Labute approximate surface area is 265 Å². The molecule has 0 fully saturated rings. The molecule has 0 spiro atoms. The minimum absolute atomic E-state index is 0.0213. The second-order valence-corrected chi connectivity index (χ2v) is 12.1. The first kappa shape index (κ1) is 33.1. The van der Waals surface area contributed by atoms with E-state index in [1.54, 1.807) is 74.7 Å². The Balaban J connectivity index is 1.83. The average molecular weight is 630 g/mol. The summed E-state index contributed by atoms with van der Waals surface area (Å²) in [6.07, 6.45) is 0.226. The number of sulfonamides is 1. The second kappa shape index (κ2) is 15.8. The molecule has 2 amide bonds. The van der Waals surface area contributed by atoms with Crippen LogP contribution in [0.2, 0.25) is 0 Å². The van der Waals surface area contributed by atoms with E-state index in [4.69, 9.17) is 9.47 Å². The van der Waals surface area contributed by atoms with Crippen molar-refractivity contribution in [3.63, 3.8) is 0 Å². The molecular weight excluding hydrogens is 590 g/mol. The summed E-state index contributed by atoms with van der Waals surface area (Å²) in [5.41, 5.74) is 1.79. The van der Waals surface area contributed by atoms with E-state index in [-0.39, 0.29) is 29.5 Å². The summed E-state index contributed by atoms with van der Waals surface area (Å²) in [5.74, 6) is 0.00764. The minimum atomic E-state index is -4.24. The molecule has 0 aliphatic heterocycles. The Bertz CT molecular complexity index is 1670. The molecular formula is C35H39N3O6S. The molecule has 9 nitrogen and oxygen atoms in total. The average Bonchev–Trinajstić information content (AvgIpc) is 3.06. The summed E-state index contributed by atoms with van der Waals surface area (Å²) >= 11 is 0. The molecule has 1 atom stereocenters. The van der Waals surface area contributed by atoms with E-state index in [1.165, 1.54) is 17.0 Å². The first-order chi connectivity index (χ1) is 21.8. The number of amides is 2. The van der Waals surface area contributed by atoms with Crippen LogP contribution in [0.25, 0.3) is 0 Å². The fourth-order valence-corrected chi connectivity index (χ4v) is 6.43. The summed E-state index contributed by atoms with van der Waals surface area (Å²) in [6.45, 7) is 3.73. The second-order valence-electron chi connectivity index (χ2n) is 10.2. The number of likely N-dealkylation sites (N-methyl/N-ethyl adjacent to an activating group) is 1. The monoisotopic (exact) mass is 629 g/mol. The number of carbonyl (C=O) groups excluding carboxylic acids is 2. The minimum Gasteiger partial charge on any atom is -0.497 e. The zero-order chi connectivity index (χ0) is 32.2. The van der Waals surface area contributed by atoms with Crippen molar-refractivity contribution in [2.75, 3.05) is 31.1 Å². The van der Waals surface area contributed by atoms with Gasteiger partial charge in [-0.3, -0.25) is 13.9 Å². The molecule has 0 aliphatic carbocycles. The number of hydrogen-bond acceptors (Lipinski definition) is 6. The quantitative estimate of drug-likeness (QED) is 0.197. The van der Waals surface area contributed by atoms with Gasteiger partial charge < -0.3 is 19.7 Å². The number of benzene rings is 4. The Hall–Kier alpha value is -4.83. The first-order valence-electron chi connectivity index (χ1n) is 14.8. The zero-order valence-corrected chi connectivity index (χ0v) is 26.6. The summed E-state index contributed by atoms with van der Waals surface area (Å²) in [7, 11) is -2.68. The van der Waals surface area contributed by atoms with Crippen LogP contribution >= 0.6 is 0 Å². The van der Waals surface area contributed by atoms with E-state index in [0.717, 1.165) is 15.4 Å². The van der Waals surface area contributed by atoms with Gasteiger partial charge in [0.2, 0.25) is 11.8 Å². The molecule has 4 rings (SSSR count). The Morgan fingerprint density at radius 2 is 1.47 bits per heavy atom. The molecule has 0 saturated carbocycles. The number of methoxy groups -OCH3 is 1. The van der Waals surface area contributed by atoms with Gasteiger partial charge in [0, 0.05) is 19.5 Å². The third-order valence-corrected chi connectivity index (χ3v) is 8.93. The van der Waals surface area contributed by atoms with Crippen LogP contribution in [0.3, 0.4) is 0 Å². The molecule has 0 aliphatic rings. The molecule has 1 N–H and O–H groups in total. The molecule has 4 aromatic carbocycles. The molecule has 0 heterocycles. The van der Waals surface area contributed by atoms with Gasteiger partial charge in [-0.2, -0.15) is 0 Å². The first-order valence-corrected chi connectivity index (χ1v) is 16.3. The van der Waals surface area contributed by atoms with E-state index >= 15 is 0 Å². The molecule has 0 saturated heterocycles. The molecule has 10 heteroatoms. The molecule has 0 radical (unpaired) electrons. The third kappa shape index (κ3) is 8.42. The van der Waals surface area contributed by atoms with Crippen molar-refractivity contribution in [1.29, 1.82) is 0 Å². The number of nitrogens with one attached hydrogen (secondary N) is 1. The lowest BCUT2D eigenvalue weighted by atomic mass is 10.0. The lowest BCUT2D eigenvalue weighted by Crippen LogP contribution is -2.53. The lowest BCUT2D eigenvalue weighted by molar-refractivity contribution is -0.140. The third-order valence-electron chi connectivity index (χ3n) is 7.15. The number of nitrogens with zero attached hydrogens (tertiary/aromatic N) is 2. The maximum Gasteiger partial charge on any atom is 0.264 e. The van der Waals surface area contributed by atoms with Crippen molar-refractivity contribution in [3.05, 3.63) is 120 Å². The van der Waals surface area contributed by atoms with Crippen LogP contribution in [-0.2, 0) is 32.6 Å². The van der Waals surface area contributed by atoms with Crippen molar-refractivity contribution in [2.45, 2.75) is 37.8 Å². The van der Waals surface area contributed by atoms with Gasteiger partial charge in [0.25, 0.3) is 10.0 Å². The summed E-state index contributed by atoms with van der Waals surface area (Å²) in [6, 6.07) is 30.3. The maximum absolute atomic E-state index is 14.5. The number of para-hydroxylation sites is 2. The van der Waals surface area contributed by atoms with E-state index in [2.05, 4.69) is 5.32 Å². The van der Waals surface area contributed by atoms with Gasteiger partial charge in [0.05, 0.1) is 24.3 Å². The van der Waals surface area contributed by atoms with Gasteiger partial charge in [0.15, 0.2) is 0 Å². The lowest BCUT2D eigenvalue weighted by Gasteiger charge is -2.34. The van der Waals surface area contributed by atoms with Crippen LogP contribution in [-0.4, -0.2) is 58.0 Å². The molecule has 236 valence electrons. The number of rotatable bonds is 15. The number of anilines is 1. The number of carbonyl (C=O) groups is 2. The Morgan fingerprint density at radius 3 is 2.13 bits per heavy atom. The standard InChI is InChI=1S/C35H39N3O6S/c1-4-36-35(40)32(24-27-15-8-6-9-16-27)37(25-28-17-14-18-29(23-28)43-3)34(39)26-38(31-21-12-13-22-33(31)44-5-2)45(41,42)30-19-10-7-11-20-30/h6-23,32H,4-5,24-26H2,1-3H3,(H,36,40)/t32-/m1/s1. The van der Waals surface area contributed by atoms with E-state index in [1.807, 2.05) is 43.3 Å². The topological polar surface area (TPSA) is 105 Å². The normalized spacial score (nSPS) is 11.7. The highest BCUT2D eigenvalue weighted by Crippen LogP contribution is 2.33. The Kier molecular flexibility index (Phi) is 11.6. The van der Waals surface area contributed by atoms with Crippen molar-refractivity contribution in [1.82, 2.24) is 10.2 Å². The van der Waals surface area contributed by atoms with Crippen LogP contribution in [0.15, 0.2) is 114 Å². The van der Waals surface area contributed by atoms with Gasteiger partial charge in [-0.05, 0) is 61.4 Å². The van der Waals surface area contributed by atoms with Gasteiger partial charge in [-0.15, -0.1) is 0 Å². The molecule has 0 unspecified atom stereocenters. The molecule has 0 bridgehead atoms. The van der Waals surface area contributed by atoms with E-state index in [0.29, 0.717) is 24.7 Å². The largest absolute Gasteiger partial charge is 0.497 e. The van der Waals surface area contributed by atoms with Crippen molar-refractivity contribution in [3.8, 4) is 11.5 Å². The van der Waals surface area contributed by atoms with Crippen LogP contribution in [0.1, 0.15) is 25.0 Å². The fourth-order valence-electron chi connectivity index (χ4n) is 4.99. The molecule has 4 aromatic rings. The highest BCUT2D eigenvalue weighted by molar-refractivity contribution is 7.92. The van der Waals surface area contributed by atoms with E-state index < -0.39 is 28.5 Å². The maximum atomic E-state index is 14.5. The van der Waals surface area contributed by atoms with Crippen LogP contribution in [0.4, 0.5) is 5.69 Å². The zero-order valence-electron chi connectivity index (χ0n) is 25.8. The predicted octanol–water partition coefficient (Wildman–Crippen LogP) is 5.07.